The molecule has 152 valence electrons. The smallest absolute Gasteiger partial charge is 0.269 e. The molecule has 8 nitrogen and oxygen atoms in total. The minimum absolute atomic E-state index is 0.165. The van der Waals surface area contributed by atoms with Crippen LogP contribution in [0, 0.1) is 5.41 Å². The molecule has 1 aliphatic rings. The van der Waals surface area contributed by atoms with Crippen molar-refractivity contribution >= 4 is 23.4 Å². The Kier molecular flexibility index (Phi) is 5.72. The van der Waals surface area contributed by atoms with E-state index in [-0.39, 0.29) is 5.91 Å². The van der Waals surface area contributed by atoms with Crippen LogP contribution in [0.5, 0.6) is 11.5 Å². The lowest BCUT2D eigenvalue weighted by molar-refractivity contribution is -0.123. The molecule has 0 aromatic heterocycles. The van der Waals surface area contributed by atoms with Crippen LogP contribution in [0.25, 0.3) is 0 Å². The average Bonchev–Trinajstić information content (AvgIpc) is 2.70. The molecule has 3 amide bonds. The van der Waals surface area contributed by atoms with Crippen molar-refractivity contribution in [2.75, 3.05) is 18.5 Å². The molecule has 0 spiro atoms. The lowest BCUT2D eigenvalue weighted by Crippen LogP contribution is -2.41. The van der Waals surface area contributed by atoms with Gasteiger partial charge in [-0.05, 0) is 36.4 Å². The van der Waals surface area contributed by atoms with Crippen LogP contribution in [0.4, 0.5) is 5.69 Å². The van der Waals surface area contributed by atoms with Gasteiger partial charge in [-0.25, -0.2) is 0 Å². The molecule has 0 fully saturated rings. The van der Waals surface area contributed by atoms with Crippen LogP contribution in [-0.4, -0.2) is 30.9 Å². The van der Waals surface area contributed by atoms with Crippen LogP contribution >= 0.6 is 0 Å². The summed E-state index contributed by atoms with van der Waals surface area (Å²) in [6.45, 7) is 6.27. The Labute approximate surface area is 168 Å². The van der Waals surface area contributed by atoms with Crippen molar-refractivity contribution in [2.24, 2.45) is 5.41 Å². The molecule has 3 rings (SSSR count). The fraction of sp³-hybridized carbons (Fsp3) is 0.286. The average molecular weight is 397 g/mol. The van der Waals surface area contributed by atoms with Gasteiger partial charge in [0.05, 0.1) is 0 Å². The van der Waals surface area contributed by atoms with Crippen molar-refractivity contribution < 1.29 is 23.9 Å². The highest BCUT2D eigenvalue weighted by Gasteiger charge is 2.21. The maximum atomic E-state index is 12.4. The second-order valence-electron chi connectivity index (χ2n) is 7.55. The zero-order valence-electron chi connectivity index (χ0n) is 16.5. The lowest BCUT2D eigenvalue weighted by atomic mass is 9.95. The van der Waals surface area contributed by atoms with Gasteiger partial charge in [0.15, 0.2) is 11.5 Å². The second kappa shape index (κ2) is 8.22. The van der Waals surface area contributed by atoms with E-state index in [2.05, 4.69) is 16.2 Å². The number of benzene rings is 2. The van der Waals surface area contributed by atoms with Crippen LogP contribution in [0.2, 0.25) is 0 Å². The van der Waals surface area contributed by atoms with Crippen molar-refractivity contribution in [3.63, 3.8) is 0 Å². The minimum Gasteiger partial charge on any atom is -0.486 e. The Morgan fingerprint density at radius 2 is 1.45 bits per heavy atom. The third-order valence-corrected chi connectivity index (χ3v) is 4.16. The molecule has 0 unspecified atom stereocenters. The predicted molar refractivity (Wildman–Crippen MR) is 107 cm³/mol. The normalized spacial score (nSPS) is 12.7. The third-order valence-electron chi connectivity index (χ3n) is 4.16. The summed E-state index contributed by atoms with van der Waals surface area (Å²) in [6, 6.07) is 11.2. The summed E-state index contributed by atoms with van der Waals surface area (Å²) < 4.78 is 10.9. The number of fused-ring (bicyclic) bond motifs is 1. The molecular weight excluding hydrogens is 374 g/mol. The molecule has 0 bridgehead atoms. The Balaban J connectivity index is 1.61. The minimum atomic E-state index is -0.560. The second-order valence-corrected chi connectivity index (χ2v) is 7.55. The van der Waals surface area contributed by atoms with Gasteiger partial charge in [0.25, 0.3) is 11.8 Å². The first kappa shape index (κ1) is 20.2. The summed E-state index contributed by atoms with van der Waals surface area (Å²) in [7, 11) is 0. The monoisotopic (exact) mass is 397 g/mol. The molecule has 2 aromatic carbocycles. The number of carbonyl (C=O) groups is 3. The van der Waals surface area contributed by atoms with Gasteiger partial charge >= 0.3 is 0 Å². The molecule has 3 N–H and O–H groups in total. The molecule has 1 aliphatic heterocycles. The van der Waals surface area contributed by atoms with Crippen molar-refractivity contribution in [3.05, 3.63) is 53.6 Å². The van der Waals surface area contributed by atoms with E-state index in [9.17, 15) is 14.4 Å². The molecule has 0 atom stereocenters. The summed E-state index contributed by atoms with van der Waals surface area (Å²) >= 11 is 0. The van der Waals surface area contributed by atoms with E-state index in [4.69, 9.17) is 9.47 Å². The lowest BCUT2D eigenvalue weighted by Gasteiger charge is -2.19. The molecule has 0 radical (unpaired) electrons. The van der Waals surface area contributed by atoms with Crippen molar-refractivity contribution in [3.8, 4) is 11.5 Å². The van der Waals surface area contributed by atoms with Crippen molar-refractivity contribution in [1.29, 1.82) is 0 Å². The first-order valence-electron chi connectivity index (χ1n) is 9.16. The molecule has 29 heavy (non-hydrogen) atoms. The van der Waals surface area contributed by atoms with Gasteiger partial charge in [-0.2, -0.15) is 0 Å². The van der Waals surface area contributed by atoms with E-state index in [0.29, 0.717) is 41.5 Å². The number of rotatable bonds is 3. The molecule has 8 heteroatoms. The summed E-state index contributed by atoms with van der Waals surface area (Å²) in [5.74, 6) is -0.110. The summed E-state index contributed by atoms with van der Waals surface area (Å²) in [5, 5.41) is 2.76. The van der Waals surface area contributed by atoms with Gasteiger partial charge in [-0.1, -0.05) is 26.8 Å². The van der Waals surface area contributed by atoms with E-state index in [1.165, 1.54) is 6.07 Å². The zero-order chi connectivity index (χ0) is 21.0. The maximum Gasteiger partial charge on any atom is 0.269 e. The van der Waals surface area contributed by atoms with E-state index < -0.39 is 17.2 Å². The highest BCUT2D eigenvalue weighted by atomic mass is 16.6. The number of amides is 3. The molecule has 2 aromatic rings. The zero-order valence-corrected chi connectivity index (χ0v) is 16.5. The van der Waals surface area contributed by atoms with Crippen LogP contribution in [0.1, 0.15) is 41.5 Å². The molecule has 0 saturated heterocycles. The van der Waals surface area contributed by atoms with Gasteiger partial charge in [-0.15, -0.1) is 0 Å². The number of hydrazine groups is 1. The number of ether oxygens (including phenoxy) is 2. The molecule has 0 saturated carbocycles. The van der Waals surface area contributed by atoms with Gasteiger partial charge in [-0.3, -0.25) is 25.2 Å². The van der Waals surface area contributed by atoms with Crippen LogP contribution in [0.3, 0.4) is 0 Å². The maximum absolute atomic E-state index is 12.4. The SMILES string of the molecule is CC(C)(C)C(=O)Nc1cccc(C(=O)NNC(=O)c2ccc3c(c2)OCCO3)c1. The van der Waals surface area contributed by atoms with E-state index in [0.717, 1.165) is 0 Å². The summed E-state index contributed by atoms with van der Waals surface area (Å²) in [5.41, 5.74) is 5.28. The number of hydrogen-bond donors (Lipinski definition) is 3. The number of carbonyl (C=O) groups excluding carboxylic acids is 3. The summed E-state index contributed by atoms with van der Waals surface area (Å²) in [6.07, 6.45) is 0. The van der Waals surface area contributed by atoms with Gasteiger partial charge in [0.1, 0.15) is 13.2 Å². The first-order valence-corrected chi connectivity index (χ1v) is 9.16. The highest BCUT2D eigenvalue weighted by molar-refractivity contribution is 6.01. The highest BCUT2D eigenvalue weighted by Crippen LogP contribution is 2.30. The number of nitrogens with one attached hydrogen (secondary N) is 3. The fourth-order valence-corrected chi connectivity index (χ4v) is 2.50. The largest absolute Gasteiger partial charge is 0.486 e. The Morgan fingerprint density at radius 3 is 2.10 bits per heavy atom. The quantitative estimate of drug-likeness (QED) is 0.690. The first-order chi connectivity index (χ1) is 13.7. The van der Waals surface area contributed by atoms with Crippen LogP contribution in [0.15, 0.2) is 42.5 Å². The van der Waals surface area contributed by atoms with Crippen molar-refractivity contribution in [2.45, 2.75) is 20.8 Å². The Morgan fingerprint density at radius 1 is 0.828 bits per heavy atom. The topological polar surface area (TPSA) is 106 Å². The fourth-order valence-electron chi connectivity index (χ4n) is 2.50. The number of anilines is 1. The Hall–Kier alpha value is -3.55. The van der Waals surface area contributed by atoms with Gasteiger partial charge in [0.2, 0.25) is 5.91 Å². The van der Waals surface area contributed by atoms with E-state index in [1.807, 2.05) is 0 Å². The molecule has 0 aliphatic carbocycles. The summed E-state index contributed by atoms with van der Waals surface area (Å²) in [4.78, 5) is 36.8. The van der Waals surface area contributed by atoms with Crippen LogP contribution in [-0.2, 0) is 4.79 Å². The standard InChI is InChI=1S/C21H23N3O5/c1-21(2,3)20(27)22-15-6-4-5-13(11-15)18(25)23-24-19(26)14-7-8-16-17(12-14)29-10-9-28-16/h4-8,11-12H,9-10H2,1-3H3,(H,22,27)(H,23,25)(H,24,26). The molecular formula is C21H23N3O5. The van der Waals surface area contributed by atoms with Crippen LogP contribution < -0.4 is 25.6 Å². The van der Waals surface area contributed by atoms with E-state index >= 15 is 0 Å². The van der Waals surface area contributed by atoms with Crippen molar-refractivity contribution in [1.82, 2.24) is 10.9 Å². The predicted octanol–water partition coefficient (Wildman–Crippen LogP) is 2.52. The number of hydrogen-bond acceptors (Lipinski definition) is 5. The third kappa shape index (κ3) is 5.04. The van der Waals surface area contributed by atoms with Gasteiger partial charge < -0.3 is 14.8 Å². The van der Waals surface area contributed by atoms with E-state index in [1.54, 1.807) is 57.2 Å². The Bertz CT molecular complexity index is 950. The van der Waals surface area contributed by atoms with Gasteiger partial charge in [0, 0.05) is 22.2 Å². The molecule has 1 heterocycles.